The maximum Gasteiger partial charge on any atom is 0.269 e. The Labute approximate surface area is 80.4 Å². The average Bonchev–Trinajstić information content (AvgIpc) is 2.07. The van der Waals surface area contributed by atoms with E-state index in [9.17, 15) is 10.1 Å². The van der Waals surface area contributed by atoms with Crippen molar-refractivity contribution >= 4 is 17.3 Å². The van der Waals surface area contributed by atoms with Crippen molar-refractivity contribution in [1.82, 2.24) is 0 Å². The number of guanidine groups is 1. The van der Waals surface area contributed by atoms with Crippen molar-refractivity contribution in [2.75, 3.05) is 0 Å². The molecule has 0 bridgehead atoms. The third-order valence-electron chi connectivity index (χ3n) is 1.64. The van der Waals surface area contributed by atoms with Gasteiger partial charge in [0.15, 0.2) is 5.96 Å². The molecule has 0 atom stereocenters. The SMILES string of the molecule is Cc1cc([N+](=O)[O-])ccc1N=C(N)N. The Morgan fingerprint density at radius 2 is 2.14 bits per heavy atom. The molecule has 0 amide bonds. The fourth-order valence-electron chi connectivity index (χ4n) is 1.02. The van der Waals surface area contributed by atoms with E-state index < -0.39 is 4.92 Å². The quantitative estimate of drug-likeness (QED) is 0.314. The van der Waals surface area contributed by atoms with Crippen LogP contribution in [0.2, 0.25) is 0 Å². The van der Waals surface area contributed by atoms with E-state index in [-0.39, 0.29) is 11.6 Å². The number of hydrogen-bond acceptors (Lipinski definition) is 3. The summed E-state index contributed by atoms with van der Waals surface area (Å²) in [5.74, 6) is -0.0676. The molecule has 1 aromatic carbocycles. The Hall–Kier alpha value is -2.11. The molecule has 0 heterocycles. The molecular weight excluding hydrogens is 184 g/mol. The van der Waals surface area contributed by atoms with Gasteiger partial charge in [0.25, 0.3) is 5.69 Å². The Morgan fingerprint density at radius 3 is 2.57 bits per heavy atom. The minimum absolute atomic E-state index is 0.0250. The van der Waals surface area contributed by atoms with E-state index in [0.717, 1.165) is 0 Å². The van der Waals surface area contributed by atoms with Crippen molar-refractivity contribution in [3.63, 3.8) is 0 Å². The zero-order chi connectivity index (χ0) is 10.7. The molecule has 0 aliphatic carbocycles. The normalized spacial score (nSPS) is 9.50. The molecule has 4 N–H and O–H groups in total. The van der Waals surface area contributed by atoms with Crippen molar-refractivity contribution in [1.29, 1.82) is 0 Å². The van der Waals surface area contributed by atoms with Crippen LogP contribution in [0.15, 0.2) is 23.2 Å². The van der Waals surface area contributed by atoms with Crippen LogP contribution in [-0.2, 0) is 0 Å². The van der Waals surface area contributed by atoms with Crippen LogP contribution in [-0.4, -0.2) is 10.9 Å². The molecule has 0 aliphatic rings. The third kappa shape index (κ3) is 2.19. The third-order valence-corrected chi connectivity index (χ3v) is 1.64. The molecule has 0 aliphatic heterocycles. The predicted octanol–water partition coefficient (Wildman–Crippen LogP) is 0.808. The van der Waals surface area contributed by atoms with Crippen molar-refractivity contribution in [2.24, 2.45) is 16.5 Å². The number of aryl methyl sites for hydroxylation is 1. The first-order chi connectivity index (χ1) is 6.50. The van der Waals surface area contributed by atoms with Gasteiger partial charge < -0.3 is 11.5 Å². The lowest BCUT2D eigenvalue weighted by atomic mass is 10.2. The van der Waals surface area contributed by atoms with Crippen LogP contribution >= 0.6 is 0 Å². The molecule has 0 fully saturated rings. The number of rotatable bonds is 2. The summed E-state index contributed by atoms with van der Waals surface area (Å²) in [6, 6.07) is 4.28. The fraction of sp³-hybridized carbons (Fsp3) is 0.125. The largest absolute Gasteiger partial charge is 0.370 e. The second-order valence-electron chi connectivity index (χ2n) is 2.76. The second-order valence-corrected chi connectivity index (χ2v) is 2.76. The van der Waals surface area contributed by atoms with Crippen LogP contribution in [0.1, 0.15) is 5.56 Å². The minimum atomic E-state index is -0.466. The number of non-ortho nitro benzene ring substituents is 1. The van der Waals surface area contributed by atoms with Gasteiger partial charge in [-0.25, -0.2) is 4.99 Å². The monoisotopic (exact) mass is 194 g/mol. The van der Waals surface area contributed by atoms with Gasteiger partial charge in [0.05, 0.1) is 10.6 Å². The summed E-state index contributed by atoms with van der Waals surface area (Å²) in [6.07, 6.45) is 0. The van der Waals surface area contributed by atoms with Crippen LogP contribution in [0.4, 0.5) is 11.4 Å². The van der Waals surface area contributed by atoms with Crippen molar-refractivity contribution in [3.05, 3.63) is 33.9 Å². The number of benzene rings is 1. The van der Waals surface area contributed by atoms with E-state index in [1.807, 2.05) is 0 Å². The lowest BCUT2D eigenvalue weighted by Gasteiger charge is -1.99. The highest BCUT2D eigenvalue weighted by Gasteiger charge is 2.07. The van der Waals surface area contributed by atoms with Gasteiger partial charge in [0, 0.05) is 12.1 Å². The second kappa shape index (κ2) is 3.73. The zero-order valence-electron chi connectivity index (χ0n) is 7.60. The van der Waals surface area contributed by atoms with Crippen LogP contribution < -0.4 is 11.5 Å². The maximum absolute atomic E-state index is 10.4. The van der Waals surface area contributed by atoms with E-state index in [4.69, 9.17) is 11.5 Å². The van der Waals surface area contributed by atoms with Crippen LogP contribution in [0.5, 0.6) is 0 Å². The van der Waals surface area contributed by atoms with Gasteiger partial charge in [-0.05, 0) is 18.6 Å². The summed E-state index contributed by atoms with van der Waals surface area (Å²) in [7, 11) is 0. The Morgan fingerprint density at radius 1 is 1.50 bits per heavy atom. The number of nitro benzene ring substituents is 1. The molecule has 1 rings (SSSR count). The molecule has 74 valence electrons. The van der Waals surface area contributed by atoms with Crippen LogP contribution in [0.3, 0.4) is 0 Å². The highest BCUT2D eigenvalue weighted by Crippen LogP contribution is 2.23. The van der Waals surface area contributed by atoms with Crippen LogP contribution in [0.25, 0.3) is 0 Å². The molecule has 0 saturated carbocycles. The molecule has 0 aromatic heterocycles. The number of nitrogens with two attached hydrogens (primary N) is 2. The molecule has 0 unspecified atom stereocenters. The average molecular weight is 194 g/mol. The van der Waals surface area contributed by atoms with Crippen molar-refractivity contribution < 1.29 is 4.92 Å². The summed E-state index contributed by atoms with van der Waals surface area (Å²) < 4.78 is 0. The lowest BCUT2D eigenvalue weighted by Crippen LogP contribution is -2.22. The van der Waals surface area contributed by atoms with E-state index in [1.54, 1.807) is 6.92 Å². The smallest absolute Gasteiger partial charge is 0.269 e. The zero-order valence-corrected chi connectivity index (χ0v) is 7.60. The Kier molecular flexibility index (Phi) is 2.66. The van der Waals surface area contributed by atoms with E-state index in [0.29, 0.717) is 11.3 Å². The topological polar surface area (TPSA) is 108 Å². The van der Waals surface area contributed by atoms with Gasteiger partial charge in [0.2, 0.25) is 0 Å². The first kappa shape index (κ1) is 9.97. The van der Waals surface area contributed by atoms with Gasteiger partial charge in [-0.1, -0.05) is 0 Å². The van der Waals surface area contributed by atoms with Gasteiger partial charge in [-0.15, -0.1) is 0 Å². The Balaban J connectivity index is 3.14. The van der Waals surface area contributed by atoms with Gasteiger partial charge in [-0.2, -0.15) is 0 Å². The first-order valence-corrected chi connectivity index (χ1v) is 3.85. The van der Waals surface area contributed by atoms with E-state index >= 15 is 0 Å². The number of hydrogen-bond donors (Lipinski definition) is 2. The van der Waals surface area contributed by atoms with E-state index in [2.05, 4.69) is 4.99 Å². The summed E-state index contributed by atoms with van der Waals surface area (Å²) in [4.78, 5) is 13.8. The maximum atomic E-state index is 10.4. The van der Waals surface area contributed by atoms with Gasteiger partial charge in [-0.3, -0.25) is 10.1 Å². The highest BCUT2D eigenvalue weighted by molar-refractivity contribution is 5.79. The summed E-state index contributed by atoms with van der Waals surface area (Å²) in [6.45, 7) is 1.70. The number of aliphatic imine (C=N–C) groups is 1. The minimum Gasteiger partial charge on any atom is -0.370 e. The van der Waals surface area contributed by atoms with Gasteiger partial charge in [0.1, 0.15) is 0 Å². The van der Waals surface area contributed by atoms with E-state index in [1.165, 1.54) is 18.2 Å². The Bertz CT molecular complexity index is 396. The summed E-state index contributed by atoms with van der Waals surface area (Å²) in [5.41, 5.74) is 11.6. The molecular formula is C8H10N4O2. The van der Waals surface area contributed by atoms with Gasteiger partial charge >= 0.3 is 0 Å². The first-order valence-electron chi connectivity index (χ1n) is 3.85. The molecule has 6 heteroatoms. The summed E-state index contributed by atoms with van der Waals surface area (Å²) >= 11 is 0. The summed E-state index contributed by atoms with van der Waals surface area (Å²) in [5, 5.41) is 10.4. The molecule has 0 spiro atoms. The highest BCUT2D eigenvalue weighted by atomic mass is 16.6. The van der Waals surface area contributed by atoms with Crippen molar-refractivity contribution in [2.45, 2.75) is 6.92 Å². The standard InChI is InChI=1S/C8H10N4O2/c1-5-4-6(12(13)14)2-3-7(5)11-8(9)10/h2-4H,1H3,(H4,9,10,11). The molecule has 1 aromatic rings. The number of nitrogens with zero attached hydrogens (tertiary/aromatic N) is 2. The predicted molar refractivity (Wildman–Crippen MR) is 53.3 cm³/mol. The molecule has 6 nitrogen and oxygen atoms in total. The fourth-order valence-corrected chi connectivity index (χ4v) is 1.02. The lowest BCUT2D eigenvalue weighted by molar-refractivity contribution is -0.384. The molecule has 14 heavy (non-hydrogen) atoms. The molecule has 0 radical (unpaired) electrons. The molecule has 0 saturated heterocycles. The number of nitro groups is 1. The van der Waals surface area contributed by atoms with Crippen molar-refractivity contribution in [3.8, 4) is 0 Å². The van der Waals surface area contributed by atoms with Crippen LogP contribution in [0, 0.1) is 17.0 Å².